The van der Waals surface area contributed by atoms with Gasteiger partial charge in [0.2, 0.25) is 0 Å². The SMILES string of the molecule is CCNC(=NCCN(CC)C(C)C)N1CCC(OCC)CC1.I. The standard InChI is InChI=1S/C17H36N4O.HI/c1-6-18-17(19-11-14-20(7-2)15(4)5)21-12-9-16(10-13-21)22-8-3;/h15-16H,6-14H2,1-5H3,(H,18,19);1H. The number of halogens is 1. The smallest absolute Gasteiger partial charge is 0.193 e. The number of likely N-dealkylation sites (N-methyl/N-ethyl adjacent to an activating group) is 1. The molecule has 0 aliphatic carbocycles. The van der Waals surface area contributed by atoms with Crippen LogP contribution in [-0.2, 0) is 4.74 Å². The number of aliphatic imine (C=N–C) groups is 1. The van der Waals surface area contributed by atoms with Crippen molar-refractivity contribution in [1.29, 1.82) is 0 Å². The van der Waals surface area contributed by atoms with E-state index in [4.69, 9.17) is 9.73 Å². The summed E-state index contributed by atoms with van der Waals surface area (Å²) in [6.45, 7) is 17.7. The van der Waals surface area contributed by atoms with Gasteiger partial charge < -0.3 is 15.0 Å². The lowest BCUT2D eigenvalue weighted by Crippen LogP contribution is -2.47. The third-order valence-corrected chi connectivity index (χ3v) is 4.26. The van der Waals surface area contributed by atoms with Gasteiger partial charge in [-0.2, -0.15) is 0 Å². The van der Waals surface area contributed by atoms with Gasteiger partial charge in [0.1, 0.15) is 0 Å². The van der Waals surface area contributed by atoms with Crippen LogP contribution in [0.2, 0.25) is 0 Å². The summed E-state index contributed by atoms with van der Waals surface area (Å²) in [5.74, 6) is 1.07. The van der Waals surface area contributed by atoms with Crippen molar-refractivity contribution in [3.05, 3.63) is 0 Å². The molecule has 0 aromatic rings. The van der Waals surface area contributed by atoms with Crippen molar-refractivity contribution in [3.63, 3.8) is 0 Å². The van der Waals surface area contributed by atoms with E-state index in [0.29, 0.717) is 12.1 Å². The molecule has 138 valence electrons. The van der Waals surface area contributed by atoms with Crippen LogP contribution in [0.3, 0.4) is 0 Å². The van der Waals surface area contributed by atoms with Crippen LogP contribution in [0.25, 0.3) is 0 Å². The molecule has 0 aromatic heterocycles. The molecule has 6 heteroatoms. The lowest BCUT2D eigenvalue weighted by molar-refractivity contribution is 0.0263. The first-order valence-electron chi connectivity index (χ1n) is 9.01. The van der Waals surface area contributed by atoms with Gasteiger partial charge in [-0.3, -0.25) is 9.89 Å². The number of piperidine rings is 1. The van der Waals surface area contributed by atoms with Gasteiger partial charge in [0.05, 0.1) is 12.6 Å². The van der Waals surface area contributed by atoms with Crippen molar-refractivity contribution < 1.29 is 4.74 Å². The lowest BCUT2D eigenvalue weighted by atomic mass is 10.1. The molecule has 1 aliphatic heterocycles. The topological polar surface area (TPSA) is 40.1 Å². The highest BCUT2D eigenvalue weighted by atomic mass is 127. The Balaban J connectivity index is 0.00000484. The number of nitrogens with zero attached hydrogens (tertiary/aromatic N) is 3. The second kappa shape index (κ2) is 13.2. The molecule has 0 atom stereocenters. The zero-order valence-corrected chi connectivity index (χ0v) is 18.0. The Morgan fingerprint density at radius 1 is 1.26 bits per heavy atom. The molecule has 1 saturated heterocycles. The van der Waals surface area contributed by atoms with E-state index in [2.05, 4.69) is 49.7 Å². The Kier molecular flexibility index (Phi) is 13.2. The fraction of sp³-hybridized carbons (Fsp3) is 0.941. The molecule has 0 saturated carbocycles. The van der Waals surface area contributed by atoms with E-state index < -0.39 is 0 Å². The molecule has 1 heterocycles. The zero-order valence-electron chi connectivity index (χ0n) is 15.7. The number of nitrogens with one attached hydrogen (secondary N) is 1. The fourth-order valence-electron chi connectivity index (χ4n) is 2.96. The minimum Gasteiger partial charge on any atom is -0.378 e. The van der Waals surface area contributed by atoms with Crippen molar-refractivity contribution in [2.45, 2.75) is 59.6 Å². The quantitative estimate of drug-likeness (QED) is 0.358. The predicted octanol–water partition coefficient (Wildman–Crippen LogP) is 2.80. The average molecular weight is 440 g/mol. The molecule has 1 N–H and O–H groups in total. The first kappa shape index (κ1) is 22.9. The summed E-state index contributed by atoms with van der Waals surface area (Å²) in [4.78, 5) is 9.66. The molecular weight excluding hydrogens is 403 g/mol. The summed E-state index contributed by atoms with van der Waals surface area (Å²) in [6, 6.07) is 0.588. The Bertz CT molecular complexity index is 318. The van der Waals surface area contributed by atoms with Gasteiger partial charge in [-0.25, -0.2) is 0 Å². The van der Waals surface area contributed by atoms with Crippen molar-refractivity contribution >= 4 is 29.9 Å². The molecular formula is C17H37IN4O. The van der Waals surface area contributed by atoms with E-state index in [1.54, 1.807) is 0 Å². The summed E-state index contributed by atoms with van der Waals surface area (Å²) in [7, 11) is 0. The first-order chi connectivity index (χ1) is 10.6. The Morgan fingerprint density at radius 3 is 2.39 bits per heavy atom. The van der Waals surface area contributed by atoms with Gasteiger partial charge >= 0.3 is 0 Å². The number of rotatable bonds is 8. The summed E-state index contributed by atoms with van der Waals surface area (Å²) in [5, 5.41) is 3.44. The molecule has 0 radical (unpaired) electrons. The summed E-state index contributed by atoms with van der Waals surface area (Å²) in [5.41, 5.74) is 0. The van der Waals surface area contributed by atoms with Crippen molar-refractivity contribution in [1.82, 2.24) is 15.1 Å². The third kappa shape index (κ3) is 8.54. The fourth-order valence-corrected chi connectivity index (χ4v) is 2.96. The van der Waals surface area contributed by atoms with Gasteiger partial charge in [0.25, 0.3) is 0 Å². The van der Waals surface area contributed by atoms with Crippen LogP contribution in [0.15, 0.2) is 4.99 Å². The van der Waals surface area contributed by atoms with Gasteiger partial charge in [-0.15, -0.1) is 24.0 Å². The minimum absolute atomic E-state index is 0. The molecule has 0 unspecified atom stereocenters. The van der Waals surface area contributed by atoms with E-state index >= 15 is 0 Å². The minimum atomic E-state index is 0. The number of guanidine groups is 1. The van der Waals surface area contributed by atoms with Crippen LogP contribution in [0, 0.1) is 0 Å². The monoisotopic (exact) mass is 440 g/mol. The lowest BCUT2D eigenvalue weighted by Gasteiger charge is -2.34. The maximum Gasteiger partial charge on any atom is 0.193 e. The van der Waals surface area contributed by atoms with Gasteiger partial charge in [0.15, 0.2) is 5.96 Å². The van der Waals surface area contributed by atoms with E-state index in [1.165, 1.54) is 0 Å². The molecule has 0 aromatic carbocycles. The largest absolute Gasteiger partial charge is 0.378 e. The molecule has 1 aliphatic rings. The second-order valence-corrected chi connectivity index (χ2v) is 6.10. The highest BCUT2D eigenvalue weighted by molar-refractivity contribution is 14.0. The summed E-state index contributed by atoms with van der Waals surface area (Å²) >= 11 is 0. The highest BCUT2D eigenvalue weighted by Crippen LogP contribution is 2.13. The van der Waals surface area contributed by atoms with Crippen molar-refractivity contribution in [3.8, 4) is 0 Å². The third-order valence-electron chi connectivity index (χ3n) is 4.26. The van der Waals surface area contributed by atoms with Crippen LogP contribution >= 0.6 is 24.0 Å². The number of hydrogen-bond donors (Lipinski definition) is 1. The molecule has 0 bridgehead atoms. The zero-order chi connectivity index (χ0) is 16.4. The van der Waals surface area contributed by atoms with E-state index in [-0.39, 0.29) is 24.0 Å². The molecule has 0 amide bonds. The van der Waals surface area contributed by atoms with Gasteiger partial charge in [0, 0.05) is 38.8 Å². The van der Waals surface area contributed by atoms with Gasteiger partial charge in [-0.05, 0) is 47.1 Å². The normalized spacial score (nSPS) is 16.8. The first-order valence-corrected chi connectivity index (χ1v) is 9.01. The van der Waals surface area contributed by atoms with Crippen LogP contribution in [0.1, 0.15) is 47.5 Å². The highest BCUT2D eigenvalue weighted by Gasteiger charge is 2.21. The average Bonchev–Trinajstić information content (AvgIpc) is 2.51. The van der Waals surface area contributed by atoms with Crippen molar-refractivity contribution in [2.75, 3.05) is 45.9 Å². The number of ether oxygens (including phenoxy) is 1. The summed E-state index contributed by atoms with van der Waals surface area (Å²) < 4.78 is 5.73. The second-order valence-electron chi connectivity index (χ2n) is 6.10. The molecule has 1 fully saturated rings. The number of hydrogen-bond acceptors (Lipinski definition) is 3. The van der Waals surface area contributed by atoms with E-state index in [9.17, 15) is 0 Å². The van der Waals surface area contributed by atoms with Crippen LogP contribution in [0.5, 0.6) is 0 Å². The molecule has 5 nitrogen and oxygen atoms in total. The molecule has 0 spiro atoms. The van der Waals surface area contributed by atoms with E-state index in [1.807, 2.05) is 0 Å². The van der Waals surface area contributed by atoms with Crippen LogP contribution in [-0.4, -0.2) is 73.8 Å². The van der Waals surface area contributed by atoms with Crippen LogP contribution in [0.4, 0.5) is 0 Å². The maximum absolute atomic E-state index is 5.73. The van der Waals surface area contributed by atoms with Gasteiger partial charge in [-0.1, -0.05) is 6.92 Å². The maximum atomic E-state index is 5.73. The Hall–Kier alpha value is -0.0800. The van der Waals surface area contributed by atoms with Crippen LogP contribution < -0.4 is 5.32 Å². The molecule has 1 rings (SSSR count). The summed E-state index contributed by atoms with van der Waals surface area (Å²) in [6.07, 6.45) is 2.64. The molecule has 23 heavy (non-hydrogen) atoms. The Morgan fingerprint density at radius 2 is 1.91 bits per heavy atom. The Labute approximate surface area is 160 Å². The van der Waals surface area contributed by atoms with Crippen molar-refractivity contribution in [2.24, 2.45) is 4.99 Å². The number of likely N-dealkylation sites (tertiary alicyclic amines) is 1. The van der Waals surface area contributed by atoms with E-state index in [0.717, 1.165) is 64.7 Å². The predicted molar refractivity (Wildman–Crippen MR) is 110 cm³/mol.